The smallest absolute Gasteiger partial charge is 0.204 e. The minimum atomic E-state index is -0.169. The van der Waals surface area contributed by atoms with E-state index in [2.05, 4.69) is 27.5 Å². The van der Waals surface area contributed by atoms with Crippen LogP contribution in [-0.4, -0.2) is 10.8 Å². The Morgan fingerprint density at radius 1 is 1.73 bits per heavy atom. The van der Waals surface area contributed by atoms with Crippen LogP contribution in [0.25, 0.3) is 0 Å². The van der Waals surface area contributed by atoms with E-state index in [1.54, 1.807) is 18.3 Å². The van der Waals surface area contributed by atoms with Gasteiger partial charge in [-0.2, -0.15) is 0 Å². The van der Waals surface area contributed by atoms with E-state index in [1.807, 2.05) is 0 Å². The second-order valence-corrected chi connectivity index (χ2v) is 2.76. The zero-order valence-electron chi connectivity index (χ0n) is 5.75. The molecule has 0 bridgehead atoms. The van der Waals surface area contributed by atoms with Crippen LogP contribution < -0.4 is 0 Å². The number of hydrogen-bond donors (Lipinski definition) is 0. The van der Waals surface area contributed by atoms with Crippen molar-refractivity contribution in [3.05, 3.63) is 41.2 Å². The molecule has 0 spiro atoms. The molecule has 0 amide bonds. The highest BCUT2D eigenvalue weighted by Crippen LogP contribution is 2.13. The molecule has 1 aromatic heterocycles. The summed E-state index contributed by atoms with van der Waals surface area (Å²) in [6, 6.07) is 3.52. The minimum Gasteiger partial charge on any atom is -0.288 e. The van der Waals surface area contributed by atoms with Gasteiger partial charge in [-0.15, -0.1) is 0 Å². The van der Waals surface area contributed by atoms with Gasteiger partial charge in [0.15, 0.2) is 0 Å². The third-order valence-corrected chi connectivity index (χ3v) is 1.82. The van der Waals surface area contributed by atoms with Gasteiger partial charge >= 0.3 is 0 Å². The van der Waals surface area contributed by atoms with E-state index in [-0.39, 0.29) is 5.78 Å². The first-order chi connectivity index (χ1) is 5.25. The predicted molar refractivity (Wildman–Crippen MR) is 46.5 cm³/mol. The lowest BCUT2D eigenvalue weighted by molar-refractivity contribution is 0.104. The van der Waals surface area contributed by atoms with E-state index in [4.69, 9.17) is 0 Å². The molecule has 0 saturated carbocycles. The first-order valence-electron chi connectivity index (χ1n) is 3.03. The fraction of sp³-hybridized carbons (Fsp3) is 0. The van der Waals surface area contributed by atoms with Gasteiger partial charge in [0.2, 0.25) is 5.78 Å². The molecule has 3 heteroatoms. The number of ketones is 1. The number of pyridine rings is 1. The highest BCUT2D eigenvalue weighted by molar-refractivity contribution is 9.10. The SMILES string of the molecule is C=CC(=O)c1ncccc1Br. The highest BCUT2D eigenvalue weighted by atomic mass is 79.9. The zero-order valence-corrected chi connectivity index (χ0v) is 7.34. The van der Waals surface area contributed by atoms with Crippen LogP contribution in [0.2, 0.25) is 0 Å². The molecule has 0 aliphatic carbocycles. The van der Waals surface area contributed by atoms with Crippen LogP contribution in [0.4, 0.5) is 0 Å². The largest absolute Gasteiger partial charge is 0.288 e. The molecule has 0 aliphatic rings. The van der Waals surface area contributed by atoms with Gasteiger partial charge in [0.05, 0.1) is 0 Å². The lowest BCUT2D eigenvalue weighted by Crippen LogP contribution is -1.97. The fourth-order valence-corrected chi connectivity index (χ4v) is 1.11. The summed E-state index contributed by atoms with van der Waals surface area (Å²) in [5.41, 5.74) is 0.405. The van der Waals surface area contributed by atoms with Crippen molar-refractivity contribution in [2.75, 3.05) is 0 Å². The number of aromatic nitrogens is 1. The number of allylic oxidation sites excluding steroid dienone is 1. The molecule has 0 N–H and O–H groups in total. The van der Waals surface area contributed by atoms with Crippen LogP contribution in [0, 0.1) is 0 Å². The summed E-state index contributed by atoms with van der Waals surface area (Å²) in [5.74, 6) is -0.169. The Kier molecular flexibility index (Phi) is 2.54. The second kappa shape index (κ2) is 3.44. The Hall–Kier alpha value is -0.960. The average molecular weight is 212 g/mol. The molecule has 56 valence electrons. The summed E-state index contributed by atoms with van der Waals surface area (Å²) < 4.78 is 0.699. The maximum Gasteiger partial charge on any atom is 0.204 e. The Morgan fingerprint density at radius 2 is 2.45 bits per heavy atom. The van der Waals surface area contributed by atoms with E-state index < -0.39 is 0 Å². The maximum atomic E-state index is 11.0. The number of rotatable bonds is 2. The Labute approximate surface area is 73.1 Å². The number of carbonyl (C=O) groups excluding carboxylic acids is 1. The molecule has 0 aromatic carbocycles. The van der Waals surface area contributed by atoms with E-state index in [1.165, 1.54) is 6.08 Å². The topological polar surface area (TPSA) is 30.0 Å². The molecule has 0 unspecified atom stereocenters. The quantitative estimate of drug-likeness (QED) is 0.555. The number of nitrogens with zero attached hydrogens (tertiary/aromatic N) is 1. The fourth-order valence-electron chi connectivity index (χ4n) is 0.664. The van der Waals surface area contributed by atoms with Gasteiger partial charge in [-0.25, -0.2) is 0 Å². The molecule has 2 nitrogen and oxygen atoms in total. The maximum absolute atomic E-state index is 11.0. The Morgan fingerprint density at radius 3 is 3.00 bits per heavy atom. The van der Waals surface area contributed by atoms with Crippen LogP contribution in [0.5, 0.6) is 0 Å². The van der Waals surface area contributed by atoms with Gasteiger partial charge in [0, 0.05) is 10.7 Å². The van der Waals surface area contributed by atoms with Crippen LogP contribution in [0.15, 0.2) is 35.5 Å². The third kappa shape index (κ3) is 1.74. The van der Waals surface area contributed by atoms with Crippen molar-refractivity contribution in [3.63, 3.8) is 0 Å². The molecule has 1 aromatic rings. The highest BCUT2D eigenvalue weighted by Gasteiger charge is 2.05. The van der Waals surface area contributed by atoms with Crippen LogP contribution in [0.3, 0.4) is 0 Å². The van der Waals surface area contributed by atoms with Crippen LogP contribution in [-0.2, 0) is 0 Å². The number of hydrogen-bond acceptors (Lipinski definition) is 2. The lowest BCUT2D eigenvalue weighted by Gasteiger charge is -1.95. The Bertz CT molecular complexity index is 296. The molecule has 0 fully saturated rings. The molecule has 1 rings (SSSR count). The average Bonchev–Trinajstić information content (AvgIpc) is 2.04. The van der Waals surface area contributed by atoms with Crippen molar-refractivity contribution in [3.8, 4) is 0 Å². The lowest BCUT2D eigenvalue weighted by atomic mass is 10.2. The van der Waals surface area contributed by atoms with Crippen molar-refractivity contribution >= 4 is 21.7 Å². The molecular formula is C8H6BrNO. The first kappa shape index (κ1) is 8.14. The second-order valence-electron chi connectivity index (χ2n) is 1.90. The van der Waals surface area contributed by atoms with Crippen molar-refractivity contribution in [2.24, 2.45) is 0 Å². The predicted octanol–water partition coefficient (Wildman–Crippen LogP) is 2.21. The van der Waals surface area contributed by atoms with Gasteiger partial charge in [-0.05, 0) is 34.1 Å². The van der Waals surface area contributed by atoms with Gasteiger partial charge in [-0.1, -0.05) is 6.58 Å². The molecule has 1 heterocycles. The van der Waals surface area contributed by atoms with Crippen molar-refractivity contribution < 1.29 is 4.79 Å². The normalized spacial score (nSPS) is 9.18. The molecular weight excluding hydrogens is 206 g/mol. The summed E-state index contributed by atoms with van der Waals surface area (Å²) in [5, 5.41) is 0. The van der Waals surface area contributed by atoms with Gasteiger partial charge in [0.1, 0.15) is 5.69 Å². The molecule has 0 saturated heterocycles. The van der Waals surface area contributed by atoms with E-state index in [0.29, 0.717) is 10.2 Å². The Balaban J connectivity index is 3.13. The van der Waals surface area contributed by atoms with E-state index in [0.717, 1.165) is 0 Å². The molecule has 0 radical (unpaired) electrons. The summed E-state index contributed by atoms with van der Waals surface area (Å²) >= 11 is 3.21. The van der Waals surface area contributed by atoms with Crippen molar-refractivity contribution in [2.45, 2.75) is 0 Å². The van der Waals surface area contributed by atoms with Gasteiger partial charge in [-0.3, -0.25) is 9.78 Å². The standard InChI is InChI=1S/C8H6BrNO/c1-2-7(11)8-6(9)4-3-5-10-8/h2-5H,1H2. The number of carbonyl (C=O) groups is 1. The summed E-state index contributed by atoms with van der Waals surface area (Å²) in [4.78, 5) is 14.9. The van der Waals surface area contributed by atoms with Crippen LogP contribution >= 0.6 is 15.9 Å². The number of halogens is 1. The van der Waals surface area contributed by atoms with Crippen molar-refractivity contribution in [1.82, 2.24) is 4.98 Å². The first-order valence-corrected chi connectivity index (χ1v) is 3.82. The summed E-state index contributed by atoms with van der Waals surface area (Å²) in [6.45, 7) is 3.37. The van der Waals surface area contributed by atoms with Crippen molar-refractivity contribution in [1.29, 1.82) is 0 Å². The summed E-state index contributed by atoms with van der Waals surface area (Å²) in [6.07, 6.45) is 2.81. The van der Waals surface area contributed by atoms with E-state index >= 15 is 0 Å². The van der Waals surface area contributed by atoms with Gasteiger partial charge in [0.25, 0.3) is 0 Å². The summed E-state index contributed by atoms with van der Waals surface area (Å²) in [7, 11) is 0. The minimum absolute atomic E-state index is 0.169. The third-order valence-electron chi connectivity index (χ3n) is 1.18. The molecule has 11 heavy (non-hydrogen) atoms. The molecule has 0 aliphatic heterocycles. The zero-order chi connectivity index (χ0) is 8.27. The van der Waals surface area contributed by atoms with Gasteiger partial charge < -0.3 is 0 Å². The monoisotopic (exact) mass is 211 g/mol. The molecule has 0 atom stereocenters. The van der Waals surface area contributed by atoms with Crippen LogP contribution in [0.1, 0.15) is 10.5 Å². The van der Waals surface area contributed by atoms with E-state index in [9.17, 15) is 4.79 Å².